The summed E-state index contributed by atoms with van der Waals surface area (Å²) in [7, 11) is 1.62. The Kier molecular flexibility index (Phi) is 3.77. The second kappa shape index (κ2) is 5.67. The summed E-state index contributed by atoms with van der Waals surface area (Å²) in [6.45, 7) is 3.81. The number of imidazole rings is 1. The summed E-state index contributed by atoms with van der Waals surface area (Å²) >= 11 is 1.57. The molecule has 1 N–H and O–H groups in total. The van der Waals surface area contributed by atoms with Crippen LogP contribution >= 0.6 is 11.8 Å². The molecule has 2 fully saturated rings. The van der Waals surface area contributed by atoms with E-state index in [1.807, 2.05) is 13.8 Å². The van der Waals surface area contributed by atoms with Crippen LogP contribution in [-0.2, 0) is 18.9 Å². The van der Waals surface area contributed by atoms with Gasteiger partial charge in [0.25, 0.3) is 0 Å². The van der Waals surface area contributed by atoms with Crippen LogP contribution in [0.2, 0.25) is 0 Å². The largest absolute Gasteiger partial charge is 0.353 e. The summed E-state index contributed by atoms with van der Waals surface area (Å²) in [4.78, 5) is 15.6. The Labute approximate surface area is 137 Å². The molecule has 2 aliphatic heterocycles. The third kappa shape index (κ3) is 2.72. The summed E-state index contributed by atoms with van der Waals surface area (Å²) in [5.41, 5.74) is 1.49. The summed E-state index contributed by atoms with van der Waals surface area (Å²) in [5, 5.41) is 0.840. The van der Waals surface area contributed by atoms with Gasteiger partial charge in [0.1, 0.15) is 29.1 Å². The first-order chi connectivity index (χ1) is 11.1. The van der Waals surface area contributed by atoms with E-state index in [2.05, 4.69) is 19.9 Å². The van der Waals surface area contributed by atoms with Gasteiger partial charge in [0.2, 0.25) is 0 Å². The van der Waals surface area contributed by atoms with Crippen LogP contribution in [0.15, 0.2) is 17.7 Å². The number of nitrogens with one attached hydrogen (secondary N) is 1. The van der Waals surface area contributed by atoms with Gasteiger partial charge in [-0.3, -0.25) is 0 Å². The minimum Gasteiger partial charge on any atom is -0.353 e. The fourth-order valence-corrected chi connectivity index (χ4v) is 3.99. The molecule has 23 heavy (non-hydrogen) atoms. The van der Waals surface area contributed by atoms with Crippen molar-refractivity contribution in [1.29, 1.82) is 0 Å². The Balaban J connectivity index is 1.50. The number of hydrogen-bond donors (Lipinski definition) is 1. The number of methoxy groups -OCH3 is 1. The van der Waals surface area contributed by atoms with Crippen LogP contribution in [-0.4, -0.2) is 63.2 Å². The van der Waals surface area contributed by atoms with Gasteiger partial charge < -0.3 is 23.9 Å². The molecule has 124 valence electrons. The zero-order valence-electron chi connectivity index (χ0n) is 13.1. The molecule has 0 aromatic carbocycles. The Morgan fingerprint density at radius 3 is 2.91 bits per heavy atom. The molecule has 0 saturated carbocycles. The van der Waals surface area contributed by atoms with Crippen molar-refractivity contribution >= 4 is 22.9 Å². The standard InChI is InChI=1S/C14H18N4O4S/c1-14(2)21-9-7(20-13(19-3)10(9)22-14)4-23-12-8-11(16-5-15-8)17-6-18-12/h5-7,9-10,13H,4H2,1-3H3,(H,15,16,17,18)/t7-,9-,10-,13-/m1/s1. The molecule has 0 amide bonds. The highest BCUT2D eigenvalue weighted by Gasteiger charge is 2.55. The molecule has 2 aromatic heterocycles. The lowest BCUT2D eigenvalue weighted by Crippen LogP contribution is -2.31. The average molecular weight is 338 g/mol. The lowest BCUT2D eigenvalue weighted by atomic mass is 10.2. The molecule has 0 spiro atoms. The number of rotatable bonds is 4. The molecule has 0 bridgehead atoms. The van der Waals surface area contributed by atoms with E-state index in [0.29, 0.717) is 11.4 Å². The maximum atomic E-state index is 5.98. The van der Waals surface area contributed by atoms with Gasteiger partial charge in [-0.25, -0.2) is 15.0 Å². The van der Waals surface area contributed by atoms with E-state index < -0.39 is 12.1 Å². The highest BCUT2D eigenvalue weighted by atomic mass is 32.2. The van der Waals surface area contributed by atoms with Gasteiger partial charge in [-0.2, -0.15) is 0 Å². The van der Waals surface area contributed by atoms with Crippen molar-refractivity contribution in [2.24, 2.45) is 0 Å². The van der Waals surface area contributed by atoms with Gasteiger partial charge in [-0.15, -0.1) is 11.8 Å². The zero-order valence-corrected chi connectivity index (χ0v) is 13.9. The van der Waals surface area contributed by atoms with Gasteiger partial charge >= 0.3 is 0 Å². The minimum absolute atomic E-state index is 0.135. The molecule has 4 rings (SSSR count). The molecule has 2 aromatic rings. The molecular formula is C14H18N4O4S. The first kappa shape index (κ1) is 15.3. The number of ether oxygens (including phenoxy) is 4. The Hall–Kier alpha value is -1.26. The lowest BCUT2D eigenvalue weighted by Gasteiger charge is -2.23. The summed E-state index contributed by atoms with van der Waals surface area (Å²) in [5.74, 6) is 0.0516. The van der Waals surface area contributed by atoms with Crippen LogP contribution in [0.25, 0.3) is 11.2 Å². The molecular weight excluding hydrogens is 320 g/mol. The number of fused-ring (bicyclic) bond motifs is 2. The highest BCUT2D eigenvalue weighted by molar-refractivity contribution is 7.99. The van der Waals surface area contributed by atoms with Crippen molar-refractivity contribution in [3.05, 3.63) is 12.7 Å². The van der Waals surface area contributed by atoms with E-state index >= 15 is 0 Å². The van der Waals surface area contributed by atoms with E-state index in [9.17, 15) is 0 Å². The summed E-state index contributed by atoms with van der Waals surface area (Å²) in [6.07, 6.45) is 2.22. The SMILES string of the molecule is CO[C@@H]1O[C@H](CSc2ncnc3nc[nH]c23)[C@H]2OC(C)(C)O[C@@H]12. The average Bonchev–Trinajstić information content (AvgIpc) is 3.18. The van der Waals surface area contributed by atoms with Crippen molar-refractivity contribution in [3.8, 4) is 0 Å². The molecule has 2 saturated heterocycles. The molecule has 2 aliphatic rings. The first-order valence-electron chi connectivity index (χ1n) is 7.38. The number of aromatic nitrogens is 4. The first-order valence-corrected chi connectivity index (χ1v) is 8.37. The fourth-order valence-electron chi connectivity index (χ4n) is 2.98. The predicted molar refractivity (Wildman–Crippen MR) is 81.9 cm³/mol. The van der Waals surface area contributed by atoms with Crippen molar-refractivity contribution in [2.75, 3.05) is 12.9 Å². The third-order valence-corrected chi connectivity index (χ3v) is 4.99. The van der Waals surface area contributed by atoms with Crippen molar-refractivity contribution in [1.82, 2.24) is 19.9 Å². The van der Waals surface area contributed by atoms with E-state index in [1.54, 1.807) is 25.2 Å². The summed E-state index contributed by atoms with van der Waals surface area (Å²) in [6, 6.07) is 0. The van der Waals surface area contributed by atoms with Gasteiger partial charge in [0, 0.05) is 12.9 Å². The molecule has 0 radical (unpaired) electrons. The molecule has 0 aliphatic carbocycles. The Morgan fingerprint density at radius 1 is 1.26 bits per heavy atom. The van der Waals surface area contributed by atoms with Gasteiger partial charge in [0.15, 0.2) is 17.7 Å². The van der Waals surface area contributed by atoms with E-state index in [-0.39, 0.29) is 18.3 Å². The molecule has 0 unspecified atom stereocenters. The number of hydrogen-bond acceptors (Lipinski definition) is 8. The van der Waals surface area contributed by atoms with Gasteiger partial charge in [0.05, 0.1) is 12.4 Å². The van der Waals surface area contributed by atoms with Crippen molar-refractivity contribution < 1.29 is 18.9 Å². The number of thioether (sulfide) groups is 1. The van der Waals surface area contributed by atoms with Crippen LogP contribution in [0.5, 0.6) is 0 Å². The van der Waals surface area contributed by atoms with Crippen LogP contribution in [0.3, 0.4) is 0 Å². The van der Waals surface area contributed by atoms with Crippen LogP contribution in [0.4, 0.5) is 0 Å². The number of nitrogens with zero attached hydrogens (tertiary/aromatic N) is 3. The van der Waals surface area contributed by atoms with E-state index in [4.69, 9.17) is 18.9 Å². The minimum atomic E-state index is -0.621. The second-order valence-electron chi connectivity index (χ2n) is 5.93. The Morgan fingerprint density at radius 2 is 2.09 bits per heavy atom. The molecule has 9 heteroatoms. The van der Waals surface area contributed by atoms with Crippen LogP contribution < -0.4 is 0 Å². The molecule has 8 nitrogen and oxygen atoms in total. The summed E-state index contributed by atoms with van der Waals surface area (Å²) < 4.78 is 23.2. The maximum absolute atomic E-state index is 5.98. The topological polar surface area (TPSA) is 91.4 Å². The normalized spacial score (nSPS) is 32.5. The highest BCUT2D eigenvalue weighted by Crippen LogP contribution is 2.40. The Bertz CT molecular complexity index is 709. The smallest absolute Gasteiger partial charge is 0.186 e. The van der Waals surface area contributed by atoms with E-state index in [1.165, 1.54) is 6.33 Å². The third-order valence-electron chi connectivity index (χ3n) is 3.91. The molecule has 4 atom stereocenters. The monoisotopic (exact) mass is 338 g/mol. The number of H-pyrrole nitrogens is 1. The van der Waals surface area contributed by atoms with Gasteiger partial charge in [-0.1, -0.05) is 0 Å². The van der Waals surface area contributed by atoms with Crippen LogP contribution in [0.1, 0.15) is 13.8 Å². The van der Waals surface area contributed by atoms with E-state index in [0.717, 1.165) is 10.5 Å². The number of aromatic amines is 1. The zero-order chi connectivity index (χ0) is 16.0. The second-order valence-corrected chi connectivity index (χ2v) is 6.94. The fraction of sp³-hybridized carbons (Fsp3) is 0.643. The maximum Gasteiger partial charge on any atom is 0.186 e. The van der Waals surface area contributed by atoms with Crippen LogP contribution in [0, 0.1) is 0 Å². The van der Waals surface area contributed by atoms with Crippen molar-refractivity contribution in [2.45, 2.75) is 49.3 Å². The lowest BCUT2D eigenvalue weighted by molar-refractivity contribution is -0.224. The van der Waals surface area contributed by atoms with Gasteiger partial charge in [-0.05, 0) is 13.8 Å². The quantitative estimate of drug-likeness (QED) is 0.659. The predicted octanol–water partition coefficient (Wildman–Crippen LogP) is 1.34. The molecule has 4 heterocycles. The van der Waals surface area contributed by atoms with Crippen molar-refractivity contribution in [3.63, 3.8) is 0 Å².